The molecule has 0 fully saturated rings. The van der Waals surface area contributed by atoms with Gasteiger partial charge in [-0.05, 0) is 29.9 Å². The van der Waals surface area contributed by atoms with Crippen molar-refractivity contribution in [3.05, 3.63) is 77.2 Å². The van der Waals surface area contributed by atoms with Crippen molar-refractivity contribution in [2.24, 2.45) is 11.3 Å². The molecule has 5 nitrogen and oxygen atoms in total. The fourth-order valence-corrected chi connectivity index (χ4v) is 5.51. The van der Waals surface area contributed by atoms with Crippen molar-refractivity contribution >= 4 is 11.4 Å². The van der Waals surface area contributed by atoms with E-state index in [0.29, 0.717) is 0 Å². The van der Waals surface area contributed by atoms with Crippen molar-refractivity contribution in [2.45, 2.75) is 39.0 Å². The average molecular weight is 382 g/mol. The summed E-state index contributed by atoms with van der Waals surface area (Å²) >= 11 is 0. The Morgan fingerprint density at radius 2 is 1.93 bits per heavy atom. The van der Waals surface area contributed by atoms with E-state index < -0.39 is 10.8 Å². The lowest BCUT2D eigenvalue weighted by atomic mass is 9.53. The van der Waals surface area contributed by atoms with Gasteiger partial charge in [-0.15, -0.1) is 0 Å². The number of carbonyl (C=O) groups excluding carboxylic acids is 1. The van der Waals surface area contributed by atoms with Gasteiger partial charge in [-0.3, -0.25) is 0 Å². The van der Waals surface area contributed by atoms with Crippen LogP contribution in [0.4, 0.5) is 0 Å². The highest BCUT2D eigenvalue weighted by Crippen LogP contribution is 2.54. The van der Waals surface area contributed by atoms with Gasteiger partial charge in [-0.2, -0.15) is 5.10 Å². The Bertz CT molecular complexity index is 1230. The second kappa shape index (κ2) is 5.87. The third-order valence-corrected chi connectivity index (χ3v) is 6.87. The lowest BCUT2D eigenvalue weighted by Gasteiger charge is -2.50. The molecule has 0 N–H and O–H groups in total. The Kier molecular flexibility index (Phi) is 3.61. The molecule has 0 aliphatic heterocycles. The number of carbonyl (C=O) groups is 1. The zero-order valence-corrected chi connectivity index (χ0v) is 16.8. The Balaban J connectivity index is 1.81. The van der Waals surface area contributed by atoms with Crippen molar-refractivity contribution in [1.29, 1.82) is 0 Å². The normalized spacial score (nSPS) is 25.1. The van der Waals surface area contributed by atoms with E-state index in [4.69, 9.17) is 16.7 Å². The fourth-order valence-electron chi connectivity index (χ4n) is 5.51. The monoisotopic (exact) mass is 382 g/mol. The summed E-state index contributed by atoms with van der Waals surface area (Å²) in [5.74, 6) is 0.0599. The molecule has 5 heteroatoms. The van der Waals surface area contributed by atoms with E-state index in [9.17, 15) is 4.79 Å². The zero-order chi connectivity index (χ0) is 20.4. The minimum atomic E-state index is -0.591. The lowest BCUT2D eigenvalue weighted by Crippen LogP contribution is -2.51. The Morgan fingerprint density at radius 1 is 1.17 bits per heavy atom. The predicted octanol–water partition coefficient (Wildman–Crippen LogP) is 4.63. The molecule has 0 unspecified atom stereocenters. The van der Waals surface area contributed by atoms with E-state index in [0.717, 1.165) is 40.9 Å². The van der Waals surface area contributed by atoms with Gasteiger partial charge in [-0.25, -0.2) is 14.3 Å². The number of aromatic nitrogens is 3. The summed E-state index contributed by atoms with van der Waals surface area (Å²) in [6.07, 6.45) is 7.46. The predicted molar refractivity (Wildman–Crippen MR) is 111 cm³/mol. The SMILES string of the molecule is [C-]#[N+]C1=C[C@]2(C)c3c(cnc4c(-c5ccccc5)cnn34)CC[C@H]2C(C)(C)C1=O. The van der Waals surface area contributed by atoms with E-state index in [1.807, 2.05) is 55.0 Å². The van der Waals surface area contributed by atoms with Gasteiger partial charge in [0.25, 0.3) is 0 Å². The summed E-state index contributed by atoms with van der Waals surface area (Å²) in [6.45, 7) is 13.7. The minimum absolute atomic E-state index is 0.0471. The molecule has 0 saturated heterocycles. The first kappa shape index (κ1) is 17.8. The molecule has 3 aromatic rings. The molecule has 2 heterocycles. The van der Waals surface area contributed by atoms with Gasteiger partial charge in [0, 0.05) is 22.6 Å². The molecule has 2 aromatic heterocycles. The highest BCUT2D eigenvalue weighted by Gasteiger charge is 2.54. The van der Waals surface area contributed by atoms with Gasteiger partial charge in [0.15, 0.2) is 11.4 Å². The molecule has 29 heavy (non-hydrogen) atoms. The molecule has 0 amide bonds. The van der Waals surface area contributed by atoms with Gasteiger partial charge in [0.1, 0.15) is 0 Å². The van der Waals surface area contributed by atoms with Crippen LogP contribution in [0.25, 0.3) is 21.6 Å². The fraction of sp³-hybridized carbons (Fsp3) is 0.333. The molecule has 0 bridgehead atoms. The number of fused-ring (bicyclic) bond motifs is 5. The standard InChI is InChI=1S/C24H22N4O/c1-23(2)19-11-10-16-13-26-22-17(15-8-6-5-7-9-15)14-27-28(22)20(16)24(19,3)12-18(25-4)21(23)29/h5-9,12-14,19H,10-11H2,1-3H3/t19-,24-/m0/s1. The first-order valence-corrected chi connectivity index (χ1v) is 9.94. The Hall–Kier alpha value is -3.26. The van der Waals surface area contributed by atoms with Crippen LogP contribution in [0.2, 0.25) is 0 Å². The molecule has 0 radical (unpaired) electrons. The molecular formula is C24H22N4O. The van der Waals surface area contributed by atoms with E-state index in [1.165, 1.54) is 0 Å². The molecule has 2 atom stereocenters. The summed E-state index contributed by atoms with van der Waals surface area (Å²) in [4.78, 5) is 21.2. The topological polar surface area (TPSA) is 51.6 Å². The largest absolute Gasteiger partial charge is 0.307 e. The third-order valence-electron chi connectivity index (χ3n) is 6.87. The average Bonchev–Trinajstić information content (AvgIpc) is 3.15. The Labute approximate surface area is 169 Å². The van der Waals surface area contributed by atoms with Gasteiger partial charge in [0.2, 0.25) is 5.70 Å². The maximum Gasteiger partial charge on any atom is 0.226 e. The van der Waals surface area contributed by atoms with Crippen LogP contribution in [-0.2, 0) is 16.6 Å². The molecule has 2 aliphatic rings. The maximum absolute atomic E-state index is 12.9. The number of benzene rings is 1. The first-order valence-electron chi connectivity index (χ1n) is 9.94. The number of hydrogen-bond donors (Lipinski definition) is 0. The minimum Gasteiger partial charge on any atom is -0.307 e. The first-order chi connectivity index (χ1) is 13.9. The van der Waals surface area contributed by atoms with Crippen molar-refractivity contribution < 1.29 is 4.79 Å². The number of hydrogen-bond acceptors (Lipinski definition) is 3. The van der Waals surface area contributed by atoms with Gasteiger partial charge in [-0.1, -0.05) is 57.2 Å². The quantitative estimate of drug-likeness (QED) is 0.577. The van der Waals surface area contributed by atoms with Crippen LogP contribution >= 0.6 is 0 Å². The number of Topliss-reactive ketones (excluding diaryl/α,β-unsaturated/α-hetero) is 1. The molecule has 0 saturated carbocycles. The molecule has 0 spiro atoms. The highest BCUT2D eigenvalue weighted by molar-refractivity contribution is 6.02. The summed E-state index contributed by atoms with van der Waals surface area (Å²) < 4.78 is 1.94. The lowest BCUT2D eigenvalue weighted by molar-refractivity contribution is -0.128. The number of aryl methyl sites for hydroxylation is 1. The number of nitrogens with zero attached hydrogens (tertiary/aromatic N) is 4. The summed E-state index contributed by atoms with van der Waals surface area (Å²) in [6, 6.07) is 10.1. The molecular weight excluding hydrogens is 360 g/mol. The molecule has 5 rings (SSSR count). The maximum atomic E-state index is 12.9. The summed E-state index contributed by atoms with van der Waals surface area (Å²) in [7, 11) is 0. The smallest absolute Gasteiger partial charge is 0.226 e. The van der Waals surface area contributed by atoms with Gasteiger partial charge in [0.05, 0.1) is 18.5 Å². The van der Waals surface area contributed by atoms with Crippen molar-refractivity contribution in [1.82, 2.24) is 14.6 Å². The van der Waals surface area contributed by atoms with Crippen LogP contribution in [0.3, 0.4) is 0 Å². The van der Waals surface area contributed by atoms with Gasteiger partial charge < -0.3 is 4.79 Å². The van der Waals surface area contributed by atoms with Crippen LogP contribution in [0.15, 0.2) is 54.5 Å². The van der Waals surface area contributed by atoms with Crippen LogP contribution in [-0.4, -0.2) is 20.4 Å². The zero-order valence-electron chi connectivity index (χ0n) is 16.8. The van der Waals surface area contributed by atoms with Crippen LogP contribution < -0.4 is 0 Å². The second-order valence-electron chi connectivity index (χ2n) is 8.86. The summed E-state index contributed by atoms with van der Waals surface area (Å²) in [5.41, 5.74) is 4.26. The number of rotatable bonds is 1. The van der Waals surface area contributed by atoms with Crippen molar-refractivity contribution in [2.75, 3.05) is 0 Å². The number of allylic oxidation sites excluding steroid dienone is 2. The second-order valence-corrected chi connectivity index (χ2v) is 8.86. The van der Waals surface area contributed by atoms with E-state index in [1.54, 1.807) is 0 Å². The summed E-state index contributed by atoms with van der Waals surface area (Å²) in [5, 5.41) is 4.72. The van der Waals surface area contributed by atoms with Gasteiger partial charge >= 0.3 is 0 Å². The molecule has 144 valence electrons. The highest BCUT2D eigenvalue weighted by atomic mass is 16.1. The van der Waals surface area contributed by atoms with E-state index in [2.05, 4.69) is 23.9 Å². The van der Waals surface area contributed by atoms with Crippen LogP contribution in [0.1, 0.15) is 38.4 Å². The van der Waals surface area contributed by atoms with Crippen molar-refractivity contribution in [3.8, 4) is 11.1 Å². The van der Waals surface area contributed by atoms with Crippen LogP contribution in [0, 0.1) is 17.9 Å². The van der Waals surface area contributed by atoms with Crippen LogP contribution in [0.5, 0.6) is 0 Å². The van der Waals surface area contributed by atoms with Crippen molar-refractivity contribution in [3.63, 3.8) is 0 Å². The molecule has 1 aromatic carbocycles. The Morgan fingerprint density at radius 3 is 2.66 bits per heavy atom. The number of ketones is 1. The third kappa shape index (κ3) is 2.29. The van der Waals surface area contributed by atoms with E-state index in [-0.39, 0.29) is 17.4 Å². The molecule has 2 aliphatic carbocycles. The van der Waals surface area contributed by atoms with E-state index >= 15 is 0 Å².